The normalized spacial score (nSPS) is 38.8. The Balaban J connectivity index is 1.18. The molecule has 1 radical (unpaired) electrons. The highest BCUT2D eigenvalue weighted by atomic mass is 16.6. The Morgan fingerprint density at radius 2 is 1.52 bits per heavy atom. The van der Waals surface area contributed by atoms with Crippen molar-refractivity contribution in [1.29, 1.82) is 0 Å². The molecule has 0 N–H and O–H groups in total. The van der Waals surface area contributed by atoms with Gasteiger partial charge in [0.25, 0.3) is 0 Å². The molecule has 135 valence electrons. The number of fused-ring (bicyclic) bond motifs is 2. The van der Waals surface area contributed by atoms with E-state index < -0.39 is 0 Å². The van der Waals surface area contributed by atoms with E-state index in [0.717, 1.165) is 11.8 Å². The summed E-state index contributed by atoms with van der Waals surface area (Å²) in [5, 5.41) is 0. The van der Waals surface area contributed by atoms with Crippen molar-refractivity contribution in [2.75, 3.05) is 0 Å². The summed E-state index contributed by atoms with van der Waals surface area (Å²) in [6.07, 6.45) is 15.5. The van der Waals surface area contributed by atoms with Crippen LogP contribution in [0.3, 0.4) is 0 Å². The summed E-state index contributed by atoms with van der Waals surface area (Å²) in [5.74, 6) is 1.74. The molecule has 4 aliphatic rings. The third kappa shape index (κ3) is 3.66. The maximum atomic E-state index is 5.71. The van der Waals surface area contributed by atoms with E-state index in [2.05, 4.69) is 25.1 Å². The molecule has 6 atom stereocenters. The summed E-state index contributed by atoms with van der Waals surface area (Å²) in [7, 11) is 0. The Morgan fingerprint density at radius 1 is 0.880 bits per heavy atom. The molecule has 5 rings (SSSR count). The highest BCUT2D eigenvalue weighted by Gasteiger charge is 2.44. The van der Waals surface area contributed by atoms with Crippen molar-refractivity contribution in [3.8, 4) is 0 Å². The quantitative estimate of drug-likeness (QED) is 0.696. The Labute approximate surface area is 152 Å². The number of benzene rings is 1. The number of hydrogen-bond acceptors (Lipinski definition) is 2. The number of rotatable bonds is 6. The van der Waals surface area contributed by atoms with Gasteiger partial charge in [0, 0.05) is 0 Å². The first kappa shape index (κ1) is 16.3. The van der Waals surface area contributed by atoms with Crippen LogP contribution in [0.5, 0.6) is 0 Å². The molecular weight excluding hydrogens is 308 g/mol. The van der Waals surface area contributed by atoms with Gasteiger partial charge in [-0.3, -0.25) is 0 Å². The molecule has 2 saturated heterocycles. The number of aryl methyl sites for hydroxylation is 2. The molecule has 2 heteroatoms. The van der Waals surface area contributed by atoms with Crippen LogP contribution in [0.2, 0.25) is 0 Å². The predicted octanol–water partition coefficient (Wildman–Crippen LogP) is 4.80. The SMILES string of the molecule is Cc1cc[c]c(CCC2CCC3OC3C2)c1CCC1CCC2OC2C1. The van der Waals surface area contributed by atoms with Gasteiger partial charge < -0.3 is 9.47 Å². The number of ether oxygens (including phenoxy) is 2. The molecule has 0 aromatic heterocycles. The van der Waals surface area contributed by atoms with E-state index in [4.69, 9.17) is 9.47 Å². The van der Waals surface area contributed by atoms with Crippen LogP contribution in [-0.4, -0.2) is 24.4 Å². The van der Waals surface area contributed by atoms with E-state index >= 15 is 0 Å². The maximum Gasteiger partial charge on any atom is 0.0844 e. The zero-order valence-corrected chi connectivity index (χ0v) is 15.5. The smallest absolute Gasteiger partial charge is 0.0844 e. The highest BCUT2D eigenvalue weighted by molar-refractivity contribution is 5.34. The third-order valence-corrected chi connectivity index (χ3v) is 7.26. The standard InChI is InChI=1S/C23H31O2/c1-15-3-2-4-18(9-5-16-7-11-20-22(13-16)24-20)19(15)10-6-17-8-12-21-23(14-17)25-21/h2-3,16-17,20-23H,5-14H2,1H3. The summed E-state index contributed by atoms with van der Waals surface area (Å²) in [5.41, 5.74) is 4.56. The Morgan fingerprint density at radius 3 is 2.16 bits per heavy atom. The van der Waals surface area contributed by atoms with Gasteiger partial charge in [0.1, 0.15) is 0 Å². The second-order valence-electron chi connectivity index (χ2n) is 8.98. The second kappa shape index (κ2) is 6.70. The number of hydrogen-bond donors (Lipinski definition) is 0. The summed E-state index contributed by atoms with van der Waals surface area (Å²) >= 11 is 0. The van der Waals surface area contributed by atoms with Gasteiger partial charge in [-0.25, -0.2) is 0 Å². The second-order valence-corrected chi connectivity index (χ2v) is 8.98. The van der Waals surface area contributed by atoms with Gasteiger partial charge in [-0.15, -0.1) is 0 Å². The molecule has 1 aromatic rings. The Kier molecular flexibility index (Phi) is 4.38. The first-order valence-corrected chi connectivity index (χ1v) is 10.6. The predicted molar refractivity (Wildman–Crippen MR) is 98.7 cm³/mol. The van der Waals surface area contributed by atoms with Gasteiger partial charge in [-0.1, -0.05) is 12.1 Å². The van der Waals surface area contributed by atoms with Crippen LogP contribution in [0.25, 0.3) is 0 Å². The van der Waals surface area contributed by atoms with Crippen LogP contribution in [-0.2, 0) is 22.3 Å². The fourth-order valence-corrected chi connectivity index (χ4v) is 5.46. The molecule has 0 amide bonds. The first-order chi connectivity index (χ1) is 12.3. The van der Waals surface area contributed by atoms with E-state index in [1.54, 1.807) is 5.56 Å². The van der Waals surface area contributed by atoms with Gasteiger partial charge in [-0.2, -0.15) is 0 Å². The molecule has 6 unspecified atom stereocenters. The maximum absolute atomic E-state index is 5.71. The molecule has 2 saturated carbocycles. The van der Waals surface area contributed by atoms with E-state index in [1.165, 1.54) is 75.3 Å². The highest BCUT2D eigenvalue weighted by Crippen LogP contribution is 2.42. The van der Waals surface area contributed by atoms with Gasteiger partial charge in [0.15, 0.2) is 0 Å². The van der Waals surface area contributed by atoms with Crippen LogP contribution < -0.4 is 0 Å². The van der Waals surface area contributed by atoms with E-state index in [-0.39, 0.29) is 0 Å². The zero-order valence-electron chi connectivity index (χ0n) is 15.5. The minimum atomic E-state index is 0.611. The molecule has 1 aromatic carbocycles. The largest absolute Gasteiger partial charge is 0.370 e. The molecule has 2 aliphatic carbocycles. The van der Waals surface area contributed by atoms with Crippen molar-refractivity contribution < 1.29 is 9.47 Å². The lowest BCUT2D eigenvalue weighted by molar-refractivity contribution is 0.349. The monoisotopic (exact) mass is 339 g/mol. The van der Waals surface area contributed by atoms with Crippen molar-refractivity contribution in [3.63, 3.8) is 0 Å². The first-order valence-electron chi connectivity index (χ1n) is 10.6. The lowest BCUT2D eigenvalue weighted by atomic mass is 9.82. The summed E-state index contributed by atoms with van der Waals surface area (Å²) in [4.78, 5) is 0. The lowest BCUT2D eigenvalue weighted by Gasteiger charge is -2.22. The Bertz CT molecular complexity index is 625. The molecule has 0 bridgehead atoms. The summed E-state index contributed by atoms with van der Waals surface area (Å²) in [6, 6.07) is 7.98. The minimum Gasteiger partial charge on any atom is -0.370 e. The molecule has 25 heavy (non-hydrogen) atoms. The minimum absolute atomic E-state index is 0.611. The fraction of sp³-hybridized carbons (Fsp3) is 0.739. The van der Waals surface area contributed by atoms with Crippen molar-refractivity contribution in [2.24, 2.45) is 11.8 Å². The van der Waals surface area contributed by atoms with Gasteiger partial charge in [-0.05, 0) is 106 Å². The van der Waals surface area contributed by atoms with Gasteiger partial charge in [0.05, 0.1) is 24.4 Å². The van der Waals surface area contributed by atoms with Gasteiger partial charge in [0.2, 0.25) is 0 Å². The summed E-state index contributed by atoms with van der Waals surface area (Å²) in [6.45, 7) is 2.29. The van der Waals surface area contributed by atoms with Gasteiger partial charge >= 0.3 is 0 Å². The topological polar surface area (TPSA) is 25.1 Å². The van der Waals surface area contributed by atoms with Crippen LogP contribution in [0, 0.1) is 24.8 Å². The van der Waals surface area contributed by atoms with E-state index in [9.17, 15) is 0 Å². The summed E-state index contributed by atoms with van der Waals surface area (Å²) < 4.78 is 11.4. The van der Waals surface area contributed by atoms with E-state index in [1.807, 2.05) is 0 Å². The third-order valence-electron chi connectivity index (χ3n) is 7.26. The van der Waals surface area contributed by atoms with Crippen molar-refractivity contribution in [2.45, 2.75) is 95.5 Å². The van der Waals surface area contributed by atoms with Crippen LogP contribution in [0.4, 0.5) is 0 Å². The Hall–Kier alpha value is -0.860. The molecule has 2 aliphatic heterocycles. The fourth-order valence-electron chi connectivity index (χ4n) is 5.46. The average molecular weight is 339 g/mol. The molecule has 2 heterocycles. The van der Waals surface area contributed by atoms with Crippen LogP contribution in [0.15, 0.2) is 12.1 Å². The van der Waals surface area contributed by atoms with Crippen molar-refractivity contribution >= 4 is 0 Å². The van der Waals surface area contributed by atoms with Crippen LogP contribution in [0.1, 0.15) is 68.1 Å². The lowest BCUT2D eigenvalue weighted by Crippen LogP contribution is -2.15. The average Bonchev–Trinajstić information content (AvgIpc) is 3.52. The van der Waals surface area contributed by atoms with Crippen LogP contribution >= 0.6 is 0 Å². The van der Waals surface area contributed by atoms with Crippen molar-refractivity contribution in [3.05, 3.63) is 34.9 Å². The molecule has 0 spiro atoms. The zero-order chi connectivity index (χ0) is 16.8. The molecular formula is C23H31O2. The van der Waals surface area contributed by atoms with E-state index in [0.29, 0.717) is 24.4 Å². The molecule has 4 fully saturated rings. The molecule has 2 nitrogen and oxygen atoms in total. The van der Waals surface area contributed by atoms with Crippen molar-refractivity contribution in [1.82, 2.24) is 0 Å². The number of epoxide rings is 2.